The van der Waals surface area contributed by atoms with Crippen LogP contribution in [-0.4, -0.2) is 21.2 Å². The third-order valence-electron chi connectivity index (χ3n) is 4.25. The maximum absolute atomic E-state index is 11.9. The Balaban J connectivity index is 1.95. The molecule has 0 bridgehead atoms. The zero-order valence-electron chi connectivity index (χ0n) is 16.3. The number of rotatable bonds is 14. The van der Waals surface area contributed by atoms with Gasteiger partial charge < -0.3 is 10.6 Å². The SMILES string of the molecule is CCCCCCCCCCCCCC(=O)NC(=S)Nc1nnc(CC)s1. The van der Waals surface area contributed by atoms with Crippen molar-refractivity contribution in [1.82, 2.24) is 15.5 Å². The molecule has 0 aliphatic rings. The Morgan fingerprint density at radius 3 is 2.04 bits per heavy atom. The summed E-state index contributed by atoms with van der Waals surface area (Å²) in [6.07, 6.45) is 15.4. The van der Waals surface area contributed by atoms with Gasteiger partial charge in [0.1, 0.15) is 5.01 Å². The van der Waals surface area contributed by atoms with Crippen LogP contribution in [0.25, 0.3) is 0 Å². The highest BCUT2D eigenvalue weighted by molar-refractivity contribution is 7.80. The van der Waals surface area contributed by atoms with Gasteiger partial charge in [0.05, 0.1) is 0 Å². The quantitative estimate of drug-likeness (QED) is 0.315. The molecule has 0 aromatic carbocycles. The Kier molecular flexibility index (Phi) is 13.3. The van der Waals surface area contributed by atoms with Gasteiger partial charge in [0.2, 0.25) is 11.0 Å². The lowest BCUT2D eigenvalue weighted by molar-refractivity contribution is -0.119. The topological polar surface area (TPSA) is 66.9 Å². The number of thiocarbonyl (C=S) groups is 1. The Bertz CT molecular complexity index is 519. The van der Waals surface area contributed by atoms with Crippen LogP contribution in [0.5, 0.6) is 0 Å². The number of unbranched alkanes of at least 4 members (excludes halogenated alkanes) is 10. The van der Waals surface area contributed by atoms with Gasteiger partial charge in [0, 0.05) is 6.42 Å². The number of carbonyl (C=O) groups excluding carboxylic acids is 1. The van der Waals surface area contributed by atoms with Crippen molar-refractivity contribution in [2.45, 2.75) is 97.3 Å². The fourth-order valence-electron chi connectivity index (χ4n) is 2.71. The van der Waals surface area contributed by atoms with Gasteiger partial charge in [0.15, 0.2) is 5.11 Å². The molecule has 26 heavy (non-hydrogen) atoms. The number of aromatic nitrogens is 2. The summed E-state index contributed by atoms with van der Waals surface area (Å²) >= 11 is 6.59. The Morgan fingerprint density at radius 2 is 1.50 bits per heavy atom. The molecule has 148 valence electrons. The second kappa shape index (κ2) is 15.0. The monoisotopic (exact) mass is 398 g/mol. The van der Waals surface area contributed by atoms with E-state index in [2.05, 4.69) is 27.8 Å². The van der Waals surface area contributed by atoms with Crippen LogP contribution in [-0.2, 0) is 11.2 Å². The molecule has 1 heterocycles. The smallest absolute Gasteiger partial charge is 0.226 e. The number of hydrogen-bond donors (Lipinski definition) is 2. The van der Waals surface area contributed by atoms with Gasteiger partial charge in [-0.2, -0.15) is 0 Å². The number of nitrogens with zero attached hydrogens (tertiary/aromatic N) is 2. The second-order valence-electron chi connectivity index (χ2n) is 6.64. The van der Waals surface area contributed by atoms with E-state index < -0.39 is 0 Å². The molecular weight excluding hydrogens is 364 g/mol. The molecule has 0 saturated carbocycles. The molecule has 2 N–H and O–H groups in total. The molecular formula is C19H34N4OS2. The standard InChI is InChI=1S/C19H34N4OS2/c1-3-5-6-7-8-9-10-11-12-13-14-15-16(24)20-18(25)21-19-23-22-17(4-2)26-19/h3-15H2,1-2H3,(H2,20,21,23,24,25). The fourth-order valence-corrected chi connectivity index (χ4v) is 3.67. The minimum atomic E-state index is -0.0290. The van der Waals surface area contributed by atoms with Crippen LogP contribution in [0.4, 0.5) is 5.13 Å². The predicted octanol–water partition coefficient (Wildman–Crippen LogP) is 5.61. The number of nitrogens with one attached hydrogen (secondary N) is 2. The summed E-state index contributed by atoms with van der Waals surface area (Å²) in [5.74, 6) is -0.0290. The average Bonchev–Trinajstić information content (AvgIpc) is 3.07. The molecule has 0 atom stereocenters. The van der Waals surface area contributed by atoms with E-state index in [4.69, 9.17) is 12.2 Å². The molecule has 0 unspecified atom stereocenters. The molecule has 1 rings (SSSR count). The number of carbonyl (C=O) groups is 1. The number of hydrogen-bond acceptors (Lipinski definition) is 5. The first kappa shape index (κ1) is 23.0. The molecule has 0 aliphatic heterocycles. The van der Waals surface area contributed by atoms with Crippen molar-refractivity contribution in [1.29, 1.82) is 0 Å². The molecule has 7 heteroatoms. The summed E-state index contributed by atoms with van der Waals surface area (Å²) in [5.41, 5.74) is 0. The molecule has 5 nitrogen and oxygen atoms in total. The molecule has 0 radical (unpaired) electrons. The molecule has 0 fully saturated rings. The lowest BCUT2D eigenvalue weighted by atomic mass is 10.1. The predicted molar refractivity (Wildman–Crippen MR) is 115 cm³/mol. The van der Waals surface area contributed by atoms with E-state index in [1.807, 2.05) is 6.92 Å². The third-order valence-corrected chi connectivity index (χ3v) is 5.44. The van der Waals surface area contributed by atoms with Gasteiger partial charge in [0.25, 0.3) is 0 Å². The van der Waals surface area contributed by atoms with E-state index in [-0.39, 0.29) is 5.91 Å². The van der Waals surface area contributed by atoms with Gasteiger partial charge >= 0.3 is 0 Å². The largest absolute Gasteiger partial charge is 0.307 e. The first-order valence-electron chi connectivity index (χ1n) is 10.1. The van der Waals surface area contributed by atoms with Gasteiger partial charge in [-0.1, -0.05) is 89.4 Å². The lowest BCUT2D eigenvalue weighted by Crippen LogP contribution is -2.33. The van der Waals surface area contributed by atoms with Crippen LogP contribution in [0.3, 0.4) is 0 Å². The summed E-state index contributed by atoms with van der Waals surface area (Å²) in [6.45, 7) is 4.28. The van der Waals surface area contributed by atoms with Crippen molar-refractivity contribution in [3.05, 3.63) is 5.01 Å². The Morgan fingerprint density at radius 1 is 0.923 bits per heavy atom. The minimum Gasteiger partial charge on any atom is -0.307 e. The van der Waals surface area contributed by atoms with E-state index in [0.29, 0.717) is 16.7 Å². The highest BCUT2D eigenvalue weighted by atomic mass is 32.1. The zero-order valence-corrected chi connectivity index (χ0v) is 17.9. The van der Waals surface area contributed by atoms with Gasteiger partial charge in [-0.3, -0.25) is 4.79 Å². The van der Waals surface area contributed by atoms with E-state index >= 15 is 0 Å². The van der Waals surface area contributed by atoms with Crippen molar-refractivity contribution in [2.24, 2.45) is 0 Å². The fraction of sp³-hybridized carbons (Fsp3) is 0.789. The molecule has 0 saturated heterocycles. The summed E-state index contributed by atoms with van der Waals surface area (Å²) in [5, 5.41) is 15.5. The molecule has 0 aliphatic carbocycles. The Hall–Kier alpha value is -1.08. The molecule has 0 spiro atoms. The number of anilines is 1. The maximum Gasteiger partial charge on any atom is 0.226 e. The Labute approximate surface area is 167 Å². The zero-order chi connectivity index (χ0) is 19.0. The maximum atomic E-state index is 11.9. The summed E-state index contributed by atoms with van der Waals surface area (Å²) in [6, 6.07) is 0. The molecule has 1 aromatic heterocycles. The van der Waals surface area contributed by atoms with E-state index in [0.717, 1.165) is 24.3 Å². The lowest BCUT2D eigenvalue weighted by Gasteiger charge is -2.07. The number of amides is 1. The van der Waals surface area contributed by atoms with Crippen LogP contribution in [0.15, 0.2) is 0 Å². The first-order valence-corrected chi connectivity index (χ1v) is 11.3. The van der Waals surface area contributed by atoms with Crippen LogP contribution in [0.1, 0.15) is 95.9 Å². The number of aryl methyl sites for hydroxylation is 1. The average molecular weight is 399 g/mol. The van der Waals surface area contributed by atoms with Crippen molar-refractivity contribution >= 4 is 39.7 Å². The molecule has 1 amide bonds. The van der Waals surface area contributed by atoms with Crippen molar-refractivity contribution < 1.29 is 4.79 Å². The van der Waals surface area contributed by atoms with Crippen LogP contribution < -0.4 is 10.6 Å². The third kappa shape index (κ3) is 11.5. The van der Waals surface area contributed by atoms with Gasteiger partial charge in [-0.05, 0) is 25.1 Å². The normalized spacial score (nSPS) is 10.7. The highest BCUT2D eigenvalue weighted by Crippen LogP contribution is 2.15. The summed E-state index contributed by atoms with van der Waals surface area (Å²) in [7, 11) is 0. The van der Waals surface area contributed by atoms with Gasteiger partial charge in [-0.25, -0.2) is 0 Å². The van der Waals surface area contributed by atoms with Crippen molar-refractivity contribution in [3.63, 3.8) is 0 Å². The van der Waals surface area contributed by atoms with Crippen LogP contribution >= 0.6 is 23.6 Å². The van der Waals surface area contributed by atoms with Crippen LogP contribution in [0, 0.1) is 0 Å². The van der Waals surface area contributed by atoms with Gasteiger partial charge in [-0.15, -0.1) is 10.2 Å². The van der Waals surface area contributed by atoms with E-state index in [1.165, 1.54) is 69.1 Å². The highest BCUT2D eigenvalue weighted by Gasteiger charge is 2.07. The minimum absolute atomic E-state index is 0.0290. The summed E-state index contributed by atoms with van der Waals surface area (Å²) < 4.78 is 0. The van der Waals surface area contributed by atoms with E-state index in [1.54, 1.807) is 0 Å². The van der Waals surface area contributed by atoms with Crippen LogP contribution in [0.2, 0.25) is 0 Å². The second-order valence-corrected chi connectivity index (χ2v) is 8.11. The summed E-state index contributed by atoms with van der Waals surface area (Å²) in [4.78, 5) is 11.9. The van der Waals surface area contributed by atoms with Crippen molar-refractivity contribution in [2.75, 3.05) is 5.32 Å². The van der Waals surface area contributed by atoms with Crippen molar-refractivity contribution in [3.8, 4) is 0 Å². The first-order chi connectivity index (χ1) is 12.7. The van der Waals surface area contributed by atoms with E-state index in [9.17, 15) is 4.79 Å². The molecule has 1 aromatic rings.